The second-order valence-electron chi connectivity index (χ2n) is 5.54. The lowest BCUT2D eigenvalue weighted by atomic mass is 10.1. The molecule has 2 aromatic carbocycles. The highest BCUT2D eigenvalue weighted by Crippen LogP contribution is 2.31. The Labute approximate surface area is 131 Å². The van der Waals surface area contributed by atoms with Crippen molar-refractivity contribution < 1.29 is 9.84 Å². The van der Waals surface area contributed by atoms with E-state index in [2.05, 4.69) is 24.0 Å². The maximum absolute atomic E-state index is 10.3. The number of fused-ring (bicyclic) bond motifs is 1. The molecule has 114 valence electrons. The van der Waals surface area contributed by atoms with Crippen molar-refractivity contribution in [2.45, 2.75) is 25.1 Å². The molecule has 22 heavy (non-hydrogen) atoms. The van der Waals surface area contributed by atoms with Crippen LogP contribution in [0.3, 0.4) is 0 Å². The third-order valence-electron chi connectivity index (χ3n) is 4.05. The van der Waals surface area contributed by atoms with Crippen molar-refractivity contribution in [3.05, 3.63) is 77.9 Å². The molecule has 3 nitrogen and oxygen atoms in total. The van der Waals surface area contributed by atoms with E-state index >= 15 is 0 Å². The molecular weight excluding hydrogens is 274 g/mol. The standard InChI is InChI=1S/C19H21NO2/c1-2-11-22-18-10-6-4-8-15(18)13-20-19-16-9-5-3-7-14(16)12-17(19)21/h2-10,17,19-21H,1,11-13H2/t17-,19+/m0/s1. The summed E-state index contributed by atoms with van der Waals surface area (Å²) in [6.07, 6.45) is 2.07. The van der Waals surface area contributed by atoms with Crippen LogP contribution in [0.15, 0.2) is 61.2 Å². The van der Waals surface area contributed by atoms with E-state index in [1.807, 2.05) is 36.4 Å². The molecule has 2 atom stereocenters. The van der Waals surface area contributed by atoms with Gasteiger partial charge in [-0.3, -0.25) is 0 Å². The first-order valence-corrected chi connectivity index (χ1v) is 7.60. The highest BCUT2D eigenvalue weighted by atomic mass is 16.5. The Morgan fingerprint density at radius 1 is 1.18 bits per heavy atom. The molecule has 0 aliphatic heterocycles. The SMILES string of the molecule is C=CCOc1ccccc1CN[C@@H]1c2ccccc2C[C@@H]1O. The summed E-state index contributed by atoms with van der Waals surface area (Å²) >= 11 is 0. The molecule has 0 bridgehead atoms. The Balaban J connectivity index is 1.72. The van der Waals surface area contributed by atoms with Crippen molar-refractivity contribution >= 4 is 0 Å². The van der Waals surface area contributed by atoms with Crippen LogP contribution in [0, 0.1) is 0 Å². The number of benzene rings is 2. The van der Waals surface area contributed by atoms with Crippen molar-refractivity contribution in [2.24, 2.45) is 0 Å². The van der Waals surface area contributed by atoms with Gasteiger partial charge >= 0.3 is 0 Å². The molecule has 0 radical (unpaired) electrons. The van der Waals surface area contributed by atoms with Crippen molar-refractivity contribution in [2.75, 3.05) is 6.61 Å². The summed E-state index contributed by atoms with van der Waals surface area (Å²) in [5, 5.41) is 13.8. The van der Waals surface area contributed by atoms with E-state index in [1.165, 1.54) is 11.1 Å². The van der Waals surface area contributed by atoms with Crippen LogP contribution in [-0.2, 0) is 13.0 Å². The maximum Gasteiger partial charge on any atom is 0.124 e. The van der Waals surface area contributed by atoms with E-state index in [0.717, 1.165) is 11.3 Å². The molecule has 3 heteroatoms. The lowest BCUT2D eigenvalue weighted by molar-refractivity contribution is 0.140. The molecule has 0 spiro atoms. The molecule has 0 saturated carbocycles. The van der Waals surface area contributed by atoms with Crippen LogP contribution in [0.5, 0.6) is 5.75 Å². The van der Waals surface area contributed by atoms with Gasteiger partial charge in [0.1, 0.15) is 12.4 Å². The van der Waals surface area contributed by atoms with Gasteiger partial charge in [-0.15, -0.1) is 0 Å². The molecule has 0 aromatic heterocycles. The summed E-state index contributed by atoms with van der Waals surface area (Å²) in [6, 6.07) is 16.1. The molecule has 0 unspecified atom stereocenters. The van der Waals surface area contributed by atoms with E-state index in [9.17, 15) is 5.11 Å². The summed E-state index contributed by atoms with van der Waals surface area (Å²) in [7, 11) is 0. The Bertz CT molecular complexity index is 653. The topological polar surface area (TPSA) is 41.5 Å². The van der Waals surface area contributed by atoms with Gasteiger partial charge in [0.05, 0.1) is 12.1 Å². The quantitative estimate of drug-likeness (QED) is 0.805. The number of nitrogens with one attached hydrogen (secondary N) is 1. The maximum atomic E-state index is 10.3. The second-order valence-corrected chi connectivity index (χ2v) is 5.54. The van der Waals surface area contributed by atoms with E-state index in [-0.39, 0.29) is 12.1 Å². The number of hydrogen-bond acceptors (Lipinski definition) is 3. The van der Waals surface area contributed by atoms with E-state index in [1.54, 1.807) is 6.08 Å². The lowest BCUT2D eigenvalue weighted by Gasteiger charge is -2.19. The first kappa shape index (κ1) is 14.8. The zero-order valence-corrected chi connectivity index (χ0v) is 12.5. The molecule has 2 N–H and O–H groups in total. The summed E-state index contributed by atoms with van der Waals surface area (Å²) in [5.74, 6) is 0.857. The fourth-order valence-corrected chi connectivity index (χ4v) is 2.98. The van der Waals surface area contributed by atoms with Crippen LogP contribution in [0.4, 0.5) is 0 Å². The molecule has 0 amide bonds. The van der Waals surface area contributed by atoms with Gasteiger partial charge in [-0.05, 0) is 17.2 Å². The molecule has 0 saturated heterocycles. The van der Waals surface area contributed by atoms with Crippen molar-refractivity contribution in [3.8, 4) is 5.75 Å². The molecule has 0 fully saturated rings. The van der Waals surface area contributed by atoms with E-state index < -0.39 is 0 Å². The number of para-hydroxylation sites is 1. The number of aliphatic hydroxyl groups excluding tert-OH is 1. The van der Waals surface area contributed by atoms with E-state index in [0.29, 0.717) is 19.6 Å². The van der Waals surface area contributed by atoms with Gasteiger partial charge in [-0.2, -0.15) is 0 Å². The fourth-order valence-electron chi connectivity index (χ4n) is 2.98. The monoisotopic (exact) mass is 295 g/mol. The molecule has 0 heterocycles. The summed E-state index contributed by atoms with van der Waals surface area (Å²) < 4.78 is 5.68. The van der Waals surface area contributed by atoms with Gasteiger partial charge in [0.2, 0.25) is 0 Å². The van der Waals surface area contributed by atoms with Crippen LogP contribution in [-0.4, -0.2) is 17.8 Å². The summed E-state index contributed by atoms with van der Waals surface area (Å²) in [4.78, 5) is 0. The van der Waals surface area contributed by atoms with Crippen LogP contribution in [0.2, 0.25) is 0 Å². The van der Waals surface area contributed by atoms with Crippen LogP contribution < -0.4 is 10.1 Å². The number of aliphatic hydroxyl groups is 1. The molecule has 3 rings (SSSR count). The van der Waals surface area contributed by atoms with Gasteiger partial charge in [-0.25, -0.2) is 0 Å². The Morgan fingerprint density at radius 2 is 1.95 bits per heavy atom. The van der Waals surface area contributed by atoms with Crippen molar-refractivity contribution in [3.63, 3.8) is 0 Å². The Morgan fingerprint density at radius 3 is 2.82 bits per heavy atom. The lowest BCUT2D eigenvalue weighted by Crippen LogP contribution is -2.28. The van der Waals surface area contributed by atoms with Gasteiger partial charge in [0, 0.05) is 18.5 Å². The molecule has 2 aromatic rings. The zero-order chi connectivity index (χ0) is 15.4. The van der Waals surface area contributed by atoms with Gasteiger partial charge in [-0.1, -0.05) is 55.1 Å². The Kier molecular flexibility index (Phi) is 4.56. The largest absolute Gasteiger partial charge is 0.489 e. The predicted octanol–water partition coefficient (Wildman–Crippen LogP) is 3.00. The van der Waals surface area contributed by atoms with E-state index in [4.69, 9.17) is 4.74 Å². The molecular formula is C19H21NO2. The van der Waals surface area contributed by atoms with Gasteiger partial charge < -0.3 is 15.2 Å². The predicted molar refractivity (Wildman–Crippen MR) is 87.9 cm³/mol. The highest BCUT2D eigenvalue weighted by Gasteiger charge is 2.30. The van der Waals surface area contributed by atoms with Crippen LogP contribution in [0.1, 0.15) is 22.7 Å². The minimum atomic E-state index is -0.376. The number of hydrogen-bond donors (Lipinski definition) is 2. The van der Waals surface area contributed by atoms with Crippen molar-refractivity contribution in [1.29, 1.82) is 0 Å². The Hall–Kier alpha value is -2.10. The molecule has 1 aliphatic rings. The third-order valence-corrected chi connectivity index (χ3v) is 4.05. The zero-order valence-electron chi connectivity index (χ0n) is 12.5. The normalized spacial score (nSPS) is 19.7. The number of ether oxygens (including phenoxy) is 1. The summed E-state index contributed by atoms with van der Waals surface area (Å²) in [6.45, 7) is 4.82. The van der Waals surface area contributed by atoms with Crippen LogP contribution >= 0.6 is 0 Å². The minimum absolute atomic E-state index is 0.0244. The molecule has 1 aliphatic carbocycles. The minimum Gasteiger partial charge on any atom is -0.489 e. The average Bonchev–Trinajstić information content (AvgIpc) is 2.87. The fraction of sp³-hybridized carbons (Fsp3) is 0.263. The van der Waals surface area contributed by atoms with Crippen LogP contribution in [0.25, 0.3) is 0 Å². The number of rotatable bonds is 6. The smallest absolute Gasteiger partial charge is 0.124 e. The summed E-state index contributed by atoms with van der Waals surface area (Å²) in [5.41, 5.74) is 3.50. The first-order valence-electron chi connectivity index (χ1n) is 7.60. The first-order chi connectivity index (χ1) is 10.8. The van der Waals surface area contributed by atoms with Gasteiger partial charge in [0.25, 0.3) is 0 Å². The third kappa shape index (κ3) is 3.06. The van der Waals surface area contributed by atoms with Crippen molar-refractivity contribution in [1.82, 2.24) is 5.32 Å². The second kappa shape index (κ2) is 6.77. The van der Waals surface area contributed by atoms with Gasteiger partial charge in [0.15, 0.2) is 0 Å². The average molecular weight is 295 g/mol. The highest BCUT2D eigenvalue weighted by molar-refractivity contribution is 5.37.